The van der Waals surface area contributed by atoms with Crippen molar-refractivity contribution in [3.63, 3.8) is 0 Å². The van der Waals surface area contributed by atoms with E-state index in [0.717, 1.165) is 28.4 Å². The monoisotopic (exact) mass is 566 g/mol. The van der Waals surface area contributed by atoms with Crippen LogP contribution < -0.4 is 9.80 Å². The van der Waals surface area contributed by atoms with Crippen molar-refractivity contribution in [1.82, 2.24) is 0 Å². The predicted octanol–water partition coefficient (Wildman–Crippen LogP) is 12.1. The van der Waals surface area contributed by atoms with Crippen molar-refractivity contribution in [2.24, 2.45) is 0 Å². The fourth-order valence-corrected chi connectivity index (χ4v) is 5.60. The van der Waals surface area contributed by atoms with Crippen LogP contribution in [-0.4, -0.2) is 0 Å². The first kappa shape index (κ1) is 30.2. The molecule has 5 aromatic rings. The topological polar surface area (TPSA) is 6.48 Å². The molecule has 5 aromatic carbocycles. The molecule has 2 heteroatoms. The number of nitrogens with zero attached hydrogens (tertiary/aromatic N) is 2. The van der Waals surface area contributed by atoms with Gasteiger partial charge in [0.15, 0.2) is 0 Å². The predicted molar refractivity (Wildman–Crippen MR) is 187 cm³/mol. The number of rotatable bonds is 6. The largest absolute Gasteiger partial charge is 0.311 e. The lowest BCUT2D eigenvalue weighted by atomic mass is 9.87. The van der Waals surface area contributed by atoms with E-state index in [1.165, 1.54) is 33.5 Å². The van der Waals surface area contributed by atoms with Crippen LogP contribution in [0.2, 0.25) is 0 Å². The van der Waals surface area contributed by atoms with Gasteiger partial charge in [0.05, 0.1) is 0 Å². The third-order valence-corrected chi connectivity index (χ3v) is 8.23. The van der Waals surface area contributed by atoms with Crippen molar-refractivity contribution in [2.75, 3.05) is 9.80 Å². The van der Waals surface area contributed by atoms with Gasteiger partial charge in [0, 0.05) is 34.1 Å². The molecular weight excluding hydrogens is 520 g/mol. The number of benzene rings is 5. The van der Waals surface area contributed by atoms with E-state index < -0.39 is 0 Å². The summed E-state index contributed by atoms with van der Waals surface area (Å²) in [6.07, 6.45) is 0. The summed E-state index contributed by atoms with van der Waals surface area (Å²) >= 11 is 0. The summed E-state index contributed by atoms with van der Waals surface area (Å²) in [7, 11) is 0. The summed E-state index contributed by atoms with van der Waals surface area (Å²) < 4.78 is 0. The van der Waals surface area contributed by atoms with Gasteiger partial charge < -0.3 is 9.80 Å². The second kappa shape index (κ2) is 11.8. The highest BCUT2D eigenvalue weighted by atomic mass is 15.2. The van der Waals surface area contributed by atoms with Crippen LogP contribution in [0.3, 0.4) is 0 Å². The van der Waals surface area contributed by atoms with E-state index in [0.29, 0.717) is 0 Å². The molecule has 0 amide bonds. The van der Waals surface area contributed by atoms with Crippen LogP contribution in [-0.2, 0) is 10.8 Å². The minimum absolute atomic E-state index is 0.106. The van der Waals surface area contributed by atoms with E-state index in [9.17, 15) is 0 Å². The summed E-state index contributed by atoms with van der Waals surface area (Å²) in [5, 5.41) is 0. The maximum Gasteiger partial charge on any atom is 0.0490 e. The Labute approximate surface area is 259 Å². The fourth-order valence-electron chi connectivity index (χ4n) is 5.60. The minimum atomic E-state index is 0.106. The van der Waals surface area contributed by atoms with Crippen molar-refractivity contribution >= 4 is 34.1 Å². The van der Waals surface area contributed by atoms with Gasteiger partial charge in [-0.3, -0.25) is 0 Å². The molecule has 0 heterocycles. The highest BCUT2D eigenvalue weighted by Gasteiger charge is 2.20. The summed E-state index contributed by atoms with van der Waals surface area (Å²) in [5.41, 5.74) is 13.5. The van der Waals surface area contributed by atoms with E-state index >= 15 is 0 Å². The van der Waals surface area contributed by atoms with Crippen LogP contribution in [0, 0.1) is 20.8 Å². The molecule has 43 heavy (non-hydrogen) atoms. The van der Waals surface area contributed by atoms with Crippen molar-refractivity contribution in [3.05, 3.63) is 143 Å². The normalized spacial score (nSPS) is 11.8. The molecule has 0 bridgehead atoms. The minimum Gasteiger partial charge on any atom is -0.311 e. The quantitative estimate of drug-likeness (QED) is 0.202. The molecule has 0 saturated carbocycles. The van der Waals surface area contributed by atoms with E-state index in [2.05, 4.69) is 187 Å². The summed E-state index contributed by atoms with van der Waals surface area (Å²) in [5.74, 6) is 0. The van der Waals surface area contributed by atoms with E-state index in [1.807, 2.05) is 0 Å². The Balaban J connectivity index is 1.59. The Kier molecular flexibility index (Phi) is 8.25. The second-order valence-corrected chi connectivity index (χ2v) is 13.9. The third kappa shape index (κ3) is 6.70. The van der Waals surface area contributed by atoms with Gasteiger partial charge in [-0.2, -0.15) is 0 Å². The number of hydrogen-bond donors (Lipinski definition) is 0. The first-order valence-corrected chi connectivity index (χ1v) is 15.4. The molecule has 2 nitrogen and oxygen atoms in total. The van der Waals surface area contributed by atoms with Crippen molar-refractivity contribution in [3.8, 4) is 0 Å². The maximum absolute atomic E-state index is 2.37. The van der Waals surface area contributed by atoms with E-state index in [-0.39, 0.29) is 10.8 Å². The van der Waals surface area contributed by atoms with Gasteiger partial charge in [0.1, 0.15) is 0 Å². The van der Waals surface area contributed by atoms with Crippen LogP contribution in [0.25, 0.3) is 0 Å². The first-order valence-electron chi connectivity index (χ1n) is 15.4. The zero-order valence-electron chi connectivity index (χ0n) is 27.4. The lowest BCUT2D eigenvalue weighted by Crippen LogP contribution is -2.15. The number of hydrogen-bond acceptors (Lipinski definition) is 2. The third-order valence-electron chi connectivity index (χ3n) is 8.23. The van der Waals surface area contributed by atoms with Gasteiger partial charge in [-0.15, -0.1) is 0 Å². The van der Waals surface area contributed by atoms with Gasteiger partial charge in [-0.25, -0.2) is 0 Å². The Bertz CT molecular complexity index is 1660. The van der Waals surface area contributed by atoms with Crippen LogP contribution in [0.1, 0.15) is 69.4 Å². The molecule has 5 rings (SSSR count). The molecule has 0 saturated heterocycles. The molecule has 0 aromatic heterocycles. The zero-order valence-corrected chi connectivity index (χ0v) is 27.4. The lowest BCUT2D eigenvalue weighted by molar-refractivity contribution is 0.590. The van der Waals surface area contributed by atoms with Crippen LogP contribution in [0.5, 0.6) is 0 Å². The standard InChI is InChI=1S/C41H46N2/c1-29-10-17-34(18-11-29)42(35-19-13-32(14-20-35)40(4,5)6)36-23-25-38(26-24-36)43(39-27-12-30(2)28-31(39)3)37-21-15-33(16-22-37)41(7,8)9/h10-28H,1-9H3. The molecule has 220 valence electrons. The smallest absolute Gasteiger partial charge is 0.0490 e. The van der Waals surface area contributed by atoms with Crippen molar-refractivity contribution in [1.29, 1.82) is 0 Å². The Morgan fingerprint density at radius 1 is 0.372 bits per heavy atom. The molecule has 0 aliphatic heterocycles. The number of aryl methyl sites for hydroxylation is 3. The van der Waals surface area contributed by atoms with E-state index in [4.69, 9.17) is 0 Å². The highest BCUT2D eigenvalue weighted by molar-refractivity contribution is 5.82. The lowest BCUT2D eigenvalue weighted by Gasteiger charge is -2.30. The molecule has 0 aliphatic rings. The van der Waals surface area contributed by atoms with Gasteiger partial charge in [-0.05, 0) is 115 Å². The van der Waals surface area contributed by atoms with Crippen molar-refractivity contribution < 1.29 is 0 Å². The molecule has 0 atom stereocenters. The summed E-state index contributed by atoms with van der Waals surface area (Å²) in [4.78, 5) is 4.72. The summed E-state index contributed by atoms with van der Waals surface area (Å²) in [6, 6.07) is 42.5. The Morgan fingerprint density at radius 2 is 0.698 bits per heavy atom. The maximum atomic E-state index is 2.37. The molecular formula is C41H46N2. The molecule has 0 spiro atoms. The SMILES string of the molecule is Cc1ccc(N(c2ccc(N(c3ccc(C(C)(C)C)cc3)c3ccc(C)cc3C)cc2)c2ccc(C(C)(C)C)cc2)cc1. The fraction of sp³-hybridized carbons (Fsp3) is 0.268. The van der Waals surface area contributed by atoms with Crippen molar-refractivity contribution in [2.45, 2.75) is 73.1 Å². The molecule has 0 fully saturated rings. The second-order valence-electron chi connectivity index (χ2n) is 13.9. The van der Waals surface area contributed by atoms with E-state index in [1.54, 1.807) is 0 Å². The zero-order chi connectivity index (χ0) is 30.9. The molecule has 0 aliphatic carbocycles. The molecule has 0 N–H and O–H groups in total. The van der Waals surface area contributed by atoms with Gasteiger partial charge in [0.2, 0.25) is 0 Å². The van der Waals surface area contributed by atoms with Crippen LogP contribution >= 0.6 is 0 Å². The summed E-state index contributed by atoms with van der Waals surface area (Å²) in [6.45, 7) is 20.1. The molecule has 0 unspecified atom stereocenters. The van der Waals surface area contributed by atoms with Gasteiger partial charge >= 0.3 is 0 Å². The highest BCUT2D eigenvalue weighted by Crippen LogP contribution is 2.41. The van der Waals surface area contributed by atoms with Gasteiger partial charge in [0.25, 0.3) is 0 Å². The first-order chi connectivity index (χ1) is 20.3. The van der Waals surface area contributed by atoms with Gasteiger partial charge in [-0.1, -0.05) is 101 Å². The molecule has 0 radical (unpaired) electrons. The Morgan fingerprint density at radius 3 is 1.07 bits per heavy atom. The Hall–Kier alpha value is -4.30. The number of anilines is 6. The van der Waals surface area contributed by atoms with Crippen LogP contribution in [0.15, 0.2) is 115 Å². The average Bonchev–Trinajstić information content (AvgIpc) is 2.96. The average molecular weight is 567 g/mol. The van der Waals surface area contributed by atoms with Crippen LogP contribution in [0.4, 0.5) is 34.1 Å².